The fourth-order valence-electron chi connectivity index (χ4n) is 4.39. The molecule has 0 saturated carbocycles. The smallest absolute Gasteiger partial charge is 0.0672 e. The molecule has 2 atom stereocenters. The first-order valence-electron chi connectivity index (χ1n) is 7.65. The summed E-state index contributed by atoms with van der Waals surface area (Å²) in [6.45, 7) is 2.33. The zero-order valence-corrected chi connectivity index (χ0v) is 12.1. The number of nitrogens with one attached hydrogen (secondary N) is 1. The van der Waals surface area contributed by atoms with Gasteiger partial charge in [-0.2, -0.15) is 0 Å². The maximum atomic E-state index is 3.88. The fraction of sp³-hybridized carbons (Fsp3) is 0.200. The van der Waals surface area contributed by atoms with Crippen LogP contribution in [0.4, 0.5) is 0 Å². The summed E-state index contributed by atoms with van der Waals surface area (Å²) in [6.07, 6.45) is 1.09. The normalized spacial score (nSPS) is 25.7. The van der Waals surface area contributed by atoms with Gasteiger partial charge in [0.2, 0.25) is 0 Å². The standard InChI is InChI=1S/C20H17N/c1-20-16-9-5-3-7-14(16)12-18(21-20)19-15-8-4-2-6-13(15)10-11-17(19)20/h2-11,18,21H,12H2,1H3. The quantitative estimate of drug-likeness (QED) is 0.642. The van der Waals surface area contributed by atoms with E-state index in [1.54, 1.807) is 0 Å². The molecule has 2 aliphatic rings. The van der Waals surface area contributed by atoms with Crippen molar-refractivity contribution in [2.75, 3.05) is 0 Å². The van der Waals surface area contributed by atoms with Gasteiger partial charge in [0.05, 0.1) is 5.54 Å². The molecule has 3 aromatic carbocycles. The lowest BCUT2D eigenvalue weighted by Crippen LogP contribution is -2.41. The zero-order chi connectivity index (χ0) is 14.0. The van der Waals surface area contributed by atoms with Crippen LogP contribution in [0.15, 0.2) is 60.7 Å². The van der Waals surface area contributed by atoms with Gasteiger partial charge in [-0.05, 0) is 46.4 Å². The molecule has 2 aliphatic heterocycles. The fourth-order valence-corrected chi connectivity index (χ4v) is 4.39. The second-order valence-corrected chi connectivity index (χ2v) is 6.43. The van der Waals surface area contributed by atoms with E-state index in [0.717, 1.165) is 6.42 Å². The summed E-state index contributed by atoms with van der Waals surface area (Å²) in [7, 11) is 0. The number of rotatable bonds is 0. The van der Waals surface area contributed by atoms with E-state index in [0.29, 0.717) is 6.04 Å². The second-order valence-electron chi connectivity index (χ2n) is 6.43. The highest BCUT2D eigenvalue weighted by Gasteiger charge is 2.46. The van der Waals surface area contributed by atoms with Crippen LogP contribution in [0.2, 0.25) is 0 Å². The van der Waals surface area contributed by atoms with Crippen molar-refractivity contribution in [3.05, 3.63) is 82.9 Å². The molecule has 0 amide bonds. The van der Waals surface area contributed by atoms with E-state index in [1.165, 1.54) is 33.0 Å². The summed E-state index contributed by atoms with van der Waals surface area (Å²) < 4.78 is 0. The number of fused-ring (bicyclic) bond motifs is 9. The van der Waals surface area contributed by atoms with Gasteiger partial charge >= 0.3 is 0 Å². The molecule has 2 unspecified atom stereocenters. The first-order chi connectivity index (χ1) is 10.3. The van der Waals surface area contributed by atoms with Crippen LogP contribution in [0, 0.1) is 0 Å². The molecule has 1 heteroatoms. The minimum Gasteiger partial charge on any atom is -0.297 e. The Bertz CT molecular complexity index is 880. The zero-order valence-electron chi connectivity index (χ0n) is 12.1. The Kier molecular flexibility index (Phi) is 2.06. The summed E-state index contributed by atoms with van der Waals surface area (Å²) in [4.78, 5) is 0. The van der Waals surface area contributed by atoms with Gasteiger partial charge in [-0.25, -0.2) is 0 Å². The van der Waals surface area contributed by atoms with Crippen LogP contribution in [0.5, 0.6) is 0 Å². The highest BCUT2D eigenvalue weighted by Crippen LogP contribution is 2.50. The van der Waals surface area contributed by atoms with Crippen molar-refractivity contribution in [1.82, 2.24) is 5.32 Å². The third-order valence-electron chi connectivity index (χ3n) is 5.30. The Morgan fingerprint density at radius 1 is 0.905 bits per heavy atom. The Hall–Kier alpha value is -2.12. The van der Waals surface area contributed by atoms with Crippen molar-refractivity contribution in [3.63, 3.8) is 0 Å². The lowest BCUT2D eigenvalue weighted by Gasteiger charge is -2.34. The summed E-state index contributed by atoms with van der Waals surface area (Å²) in [6, 6.07) is 22.7. The summed E-state index contributed by atoms with van der Waals surface area (Å²) in [5.74, 6) is 0. The third-order valence-corrected chi connectivity index (χ3v) is 5.30. The molecule has 0 aromatic heterocycles. The molecule has 0 radical (unpaired) electrons. The number of hydrogen-bond donors (Lipinski definition) is 1. The Morgan fingerprint density at radius 2 is 1.71 bits per heavy atom. The molecule has 2 heterocycles. The van der Waals surface area contributed by atoms with E-state index in [-0.39, 0.29) is 5.54 Å². The predicted molar refractivity (Wildman–Crippen MR) is 86.4 cm³/mol. The molecule has 5 rings (SSSR count). The maximum absolute atomic E-state index is 3.88. The maximum Gasteiger partial charge on any atom is 0.0672 e. The highest BCUT2D eigenvalue weighted by atomic mass is 15.1. The Balaban J connectivity index is 1.89. The Labute approximate surface area is 124 Å². The van der Waals surface area contributed by atoms with Crippen LogP contribution >= 0.6 is 0 Å². The molecule has 3 aromatic rings. The molecule has 21 heavy (non-hydrogen) atoms. The van der Waals surface area contributed by atoms with E-state index >= 15 is 0 Å². The second kappa shape index (κ2) is 3.75. The van der Waals surface area contributed by atoms with Gasteiger partial charge in [0.15, 0.2) is 0 Å². The van der Waals surface area contributed by atoms with Crippen molar-refractivity contribution in [3.8, 4) is 0 Å². The summed E-state index contributed by atoms with van der Waals surface area (Å²) >= 11 is 0. The SMILES string of the molecule is CC12NC(Cc3ccccc31)c1c2ccc2ccccc12. The van der Waals surface area contributed by atoms with E-state index in [1.807, 2.05) is 0 Å². The molecule has 0 spiro atoms. The monoisotopic (exact) mass is 271 g/mol. The molecule has 1 N–H and O–H groups in total. The van der Waals surface area contributed by atoms with Crippen molar-refractivity contribution in [1.29, 1.82) is 0 Å². The van der Waals surface area contributed by atoms with Crippen LogP contribution in [0.25, 0.3) is 10.8 Å². The van der Waals surface area contributed by atoms with Gasteiger partial charge in [-0.3, -0.25) is 5.32 Å². The van der Waals surface area contributed by atoms with Gasteiger partial charge in [-0.15, -0.1) is 0 Å². The minimum absolute atomic E-state index is 0.0428. The first kappa shape index (κ1) is 11.5. The van der Waals surface area contributed by atoms with E-state index in [4.69, 9.17) is 0 Å². The average molecular weight is 271 g/mol. The molecular weight excluding hydrogens is 254 g/mol. The van der Waals surface area contributed by atoms with E-state index in [9.17, 15) is 0 Å². The summed E-state index contributed by atoms with van der Waals surface area (Å²) in [5, 5.41) is 6.63. The van der Waals surface area contributed by atoms with Gasteiger partial charge in [0, 0.05) is 6.04 Å². The van der Waals surface area contributed by atoms with Gasteiger partial charge in [0.25, 0.3) is 0 Å². The van der Waals surface area contributed by atoms with Crippen molar-refractivity contribution < 1.29 is 0 Å². The van der Waals surface area contributed by atoms with Crippen LogP contribution in [0.3, 0.4) is 0 Å². The van der Waals surface area contributed by atoms with Crippen LogP contribution < -0.4 is 5.32 Å². The first-order valence-corrected chi connectivity index (χ1v) is 7.65. The van der Waals surface area contributed by atoms with Gasteiger partial charge in [0.1, 0.15) is 0 Å². The van der Waals surface area contributed by atoms with Crippen molar-refractivity contribution in [2.45, 2.75) is 24.9 Å². The Morgan fingerprint density at radius 3 is 2.67 bits per heavy atom. The topological polar surface area (TPSA) is 12.0 Å². The van der Waals surface area contributed by atoms with Crippen LogP contribution in [-0.4, -0.2) is 0 Å². The third kappa shape index (κ3) is 1.35. The van der Waals surface area contributed by atoms with E-state index in [2.05, 4.69) is 72.9 Å². The summed E-state index contributed by atoms with van der Waals surface area (Å²) in [5.41, 5.74) is 5.85. The van der Waals surface area contributed by atoms with E-state index < -0.39 is 0 Å². The largest absolute Gasteiger partial charge is 0.297 e. The van der Waals surface area contributed by atoms with Gasteiger partial charge < -0.3 is 0 Å². The average Bonchev–Trinajstić information content (AvgIpc) is 2.77. The van der Waals surface area contributed by atoms with Crippen LogP contribution in [-0.2, 0) is 12.0 Å². The molecule has 2 bridgehead atoms. The van der Waals surface area contributed by atoms with Crippen molar-refractivity contribution in [2.24, 2.45) is 0 Å². The molecule has 102 valence electrons. The van der Waals surface area contributed by atoms with Crippen LogP contribution in [0.1, 0.15) is 35.2 Å². The number of hydrogen-bond acceptors (Lipinski definition) is 1. The molecule has 0 aliphatic carbocycles. The minimum atomic E-state index is -0.0428. The number of benzene rings is 3. The van der Waals surface area contributed by atoms with Crippen molar-refractivity contribution >= 4 is 10.8 Å². The molecule has 0 saturated heterocycles. The predicted octanol–water partition coefficient (Wildman–Crippen LogP) is 4.30. The molecule has 1 nitrogen and oxygen atoms in total. The lowest BCUT2D eigenvalue weighted by molar-refractivity contribution is 0.389. The molecular formula is C20H17N. The highest BCUT2D eigenvalue weighted by molar-refractivity contribution is 5.89. The lowest BCUT2D eigenvalue weighted by atomic mass is 9.82. The van der Waals surface area contributed by atoms with Gasteiger partial charge in [-0.1, -0.05) is 60.7 Å². The molecule has 0 fully saturated rings.